The molecule has 0 N–H and O–H groups in total. The van der Waals surface area contributed by atoms with E-state index < -0.39 is 0 Å². The van der Waals surface area contributed by atoms with E-state index in [2.05, 4.69) is 0 Å². The standard InChI is InChI=1S/C8H13F/c1-4-7(2)5-6-8(3)9/h5-6H,4H2,1-3H3/b7-5+,8-6+. The van der Waals surface area contributed by atoms with Crippen molar-refractivity contribution in [1.29, 1.82) is 0 Å². The maximum absolute atomic E-state index is 12.0. The fourth-order valence-corrected chi connectivity index (χ4v) is 0.375. The molecule has 1 heteroatoms. The molecule has 9 heavy (non-hydrogen) atoms. The molecule has 0 unspecified atom stereocenters. The minimum Gasteiger partial charge on any atom is -0.212 e. The summed E-state index contributed by atoms with van der Waals surface area (Å²) in [5.74, 6) is -0.136. The summed E-state index contributed by atoms with van der Waals surface area (Å²) < 4.78 is 12.0. The molecule has 0 bridgehead atoms. The Bertz CT molecular complexity index is 128. The quantitative estimate of drug-likeness (QED) is 0.501. The van der Waals surface area contributed by atoms with E-state index in [9.17, 15) is 4.39 Å². The molecule has 0 aromatic heterocycles. The van der Waals surface area contributed by atoms with Crippen LogP contribution in [0.2, 0.25) is 0 Å². The SMILES string of the molecule is CC/C(C)=C/C=C(\C)F. The second-order valence-corrected chi connectivity index (χ2v) is 2.12. The predicted octanol–water partition coefficient (Wildman–Crippen LogP) is 3.22. The molecule has 0 heterocycles. The van der Waals surface area contributed by atoms with Crippen LogP contribution in [0.1, 0.15) is 27.2 Å². The van der Waals surface area contributed by atoms with Gasteiger partial charge in [-0.3, -0.25) is 0 Å². The summed E-state index contributed by atoms with van der Waals surface area (Å²) in [6.45, 7) is 5.48. The molecule has 0 aliphatic heterocycles. The van der Waals surface area contributed by atoms with Gasteiger partial charge in [-0.1, -0.05) is 18.6 Å². The Morgan fingerprint density at radius 2 is 1.89 bits per heavy atom. The lowest BCUT2D eigenvalue weighted by atomic mass is 10.2. The van der Waals surface area contributed by atoms with Gasteiger partial charge < -0.3 is 0 Å². The Kier molecular flexibility index (Phi) is 4.02. The minimum atomic E-state index is -0.136. The van der Waals surface area contributed by atoms with Crippen LogP contribution in [0.4, 0.5) is 4.39 Å². The summed E-state index contributed by atoms with van der Waals surface area (Å²) in [4.78, 5) is 0. The van der Waals surface area contributed by atoms with Crippen molar-refractivity contribution in [1.82, 2.24) is 0 Å². The van der Waals surface area contributed by atoms with Crippen molar-refractivity contribution in [2.45, 2.75) is 27.2 Å². The van der Waals surface area contributed by atoms with Gasteiger partial charge in [0.05, 0.1) is 5.83 Å². The number of rotatable bonds is 2. The van der Waals surface area contributed by atoms with Crippen LogP contribution in [0.5, 0.6) is 0 Å². The van der Waals surface area contributed by atoms with Crippen molar-refractivity contribution in [2.75, 3.05) is 0 Å². The third-order valence-electron chi connectivity index (χ3n) is 1.16. The lowest BCUT2D eigenvalue weighted by Gasteiger charge is -1.88. The van der Waals surface area contributed by atoms with Crippen LogP contribution >= 0.6 is 0 Å². The van der Waals surface area contributed by atoms with Crippen molar-refractivity contribution < 1.29 is 4.39 Å². The molecular formula is C8H13F. The zero-order valence-electron chi connectivity index (χ0n) is 6.24. The summed E-state index contributed by atoms with van der Waals surface area (Å²) in [5, 5.41) is 0. The highest BCUT2D eigenvalue weighted by atomic mass is 19.1. The Labute approximate surface area is 56.1 Å². The lowest BCUT2D eigenvalue weighted by Crippen LogP contribution is -1.68. The maximum Gasteiger partial charge on any atom is 0.0968 e. The minimum absolute atomic E-state index is 0.136. The first-order valence-electron chi connectivity index (χ1n) is 3.16. The van der Waals surface area contributed by atoms with Gasteiger partial charge in [-0.25, -0.2) is 4.39 Å². The molecule has 0 saturated heterocycles. The zero-order valence-corrected chi connectivity index (χ0v) is 6.24. The fraction of sp³-hybridized carbons (Fsp3) is 0.500. The number of hydrogen-bond acceptors (Lipinski definition) is 0. The Morgan fingerprint density at radius 3 is 2.22 bits per heavy atom. The molecule has 0 spiro atoms. The van der Waals surface area contributed by atoms with Crippen LogP contribution in [0.25, 0.3) is 0 Å². The highest BCUT2D eigenvalue weighted by molar-refractivity contribution is 5.11. The molecule has 52 valence electrons. The van der Waals surface area contributed by atoms with E-state index in [4.69, 9.17) is 0 Å². The molecule has 0 aliphatic carbocycles. The van der Waals surface area contributed by atoms with Crippen LogP contribution in [0.3, 0.4) is 0 Å². The monoisotopic (exact) mass is 128 g/mol. The van der Waals surface area contributed by atoms with Crippen molar-refractivity contribution in [3.05, 3.63) is 23.6 Å². The van der Waals surface area contributed by atoms with E-state index in [1.807, 2.05) is 13.8 Å². The van der Waals surface area contributed by atoms with Crippen molar-refractivity contribution in [3.63, 3.8) is 0 Å². The summed E-state index contributed by atoms with van der Waals surface area (Å²) in [5.41, 5.74) is 1.20. The van der Waals surface area contributed by atoms with Gasteiger partial charge in [0.1, 0.15) is 0 Å². The average molecular weight is 128 g/mol. The molecule has 0 rings (SSSR count). The summed E-state index contributed by atoms with van der Waals surface area (Å²) in [6.07, 6.45) is 4.28. The first kappa shape index (κ1) is 8.41. The Balaban J connectivity index is 3.83. The highest BCUT2D eigenvalue weighted by Crippen LogP contribution is 2.00. The van der Waals surface area contributed by atoms with Crippen LogP contribution < -0.4 is 0 Å². The molecule has 0 radical (unpaired) electrons. The van der Waals surface area contributed by atoms with Gasteiger partial charge in [0, 0.05) is 0 Å². The number of allylic oxidation sites excluding steroid dienone is 4. The van der Waals surface area contributed by atoms with Gasteiger partial charge in [-0.2, -0.15) is 0 Å². The average Bonchev–Trinajstić information content (AvgIpc) is 1.83. The van der Waals surface area contributed by atoms with Gasteiger partial charge in [0.25, 0.3) is 0 Å². The molecule has 0 aromatic carbocycles. The largest absolute Gasteiger partial charge is 0.212 e. The van der Waals surface area contributed by atoms with E-state index in [-0.39, 0.29) is 5.83 Å². The summed E-state index contributed by atoms with van der Waals surface area (Å²) >= 11 is 0. The molecule has 0 aliphatic rings. The molecule has 0 atom stereocenters. The van der Waals surface area contributed by atoms with Crippen molar-refractivity contribution >= 4 is 0 Å². The third-order valence-corrected chi connectivity index (χ3v) is 1.16. The van der Waals surface area contributed by atoms with Gasteiger partial charge in [0.2, 0.25) is 0 Å². The molecule has 0 amide bonds. The van der Waals surface area contributed by atoms with Gasteiger partial charge >= 0.3 is 0 Å². The van der Waals surface area contributed by atoms with Gasteiger partial charge in [-0.05, 0) is 26.3 Å². The summed E-state index contributed by atoms with van der Waals surface area (Å²) in [7, 11) is 0. The van der Waals surface area contributed by atoms with E-state index in [0.29, 0.717) is 0 Å². The second kappa shape index (κ2) is 4.30. The molecule has 0 saturated carbocycles. The predicted molar refractivity (Wildman–Crippen MR) is 38.9 cm³/mol. The van der Waals surface area contributed by atoms with Crippen LogP contribution in [0, 0.1) is 0 Å². The molecule has 0 fully saturated rings. The van der Waals surface area contributed by atoms with Gasteiger partial charge in [0.15, 0.2) is 0 Å². The maximum atomic E-state index is 12.0. The third kappa shape index (κ3) is 5.28. The number of hydrogen-bond donors (Lipinski definition) is 0. The Hall–Kier alpha value is -0.590. The van der Waals surface area contributed by atoms with E-state index in [1.54, 1.807) is 6.08 Å². The highest BCUT2D eigenvalue weighted by Gasteiger charge is 1.80. The van der Waals surface area contributed by atoms with Crippen molar-refractivity contribution in [2.24, 2.45) is 0 Å². The van der Waals surface area contributed by atoms with E-state index in [0.717, 1.165) is 6.42 Å². The van der Waals surface area contributed by atoms with E-state index >= 15 is 0 Å². The Morgan fingerprint density at radius 1 is 1.33 bits per heavy atom. The second-order valence-electron chi connectivity index (χ2n) is 2.12. The van der Waals surface area contributed by atoms with E-state index in [1.165, 1.54) is 18.6 Å². The number of halogens is 1. The normalized spacial score (nSPS) is 14.2. The lowest BCUT2D eigenvalue weighted by molar-refractivity contribution is 0.640. The molecular weight excluding hydrogens is 115 g/mol. The van der Waals surface area contributed by atoms with Crippen molar-refractivity contribution in [3.8, 4) is 0 Å². The van der Waals surface area contributed by atoms with Crippen LogP contribution in [-0.4, -0.2) is 0 Å². The molecule has 0 nitrogen and oxygen atoms in total. The first-order chi connectivity index (χ1) is 4.16. The first-order valence-corrected chi connectivity index (χ1v) is 3.16. The smallest absolute Gasteiger partial charge is 0.0968 e. The fourth-order valence-electron chi connectivity index (χ4n) is 0.375. The van der Waals surface area contributed by atoms with Gasteiger partial charge in [-0.15, -0.1) is 0 Å². The van der Waals surface area contributed by atoms with Crippen LogP contribution in [0.15, 0.2) is 23.6 Å². The van der Waals surface area contributed by atoms with Crippen LogP contribution in [-0.2, 0) is 0 Å². The molecule has 0 aromatic rings. The zero-order chi connectivity index (χ0) is 7.28. The topological polar surface area (TPSA) is 0 Å². The summed E-state index contributed by atoms with van der Waals surface area (Å²) in [6, 6.07) is 0.